The van der Waals surface area contributed by atoms with E-state index in [-0.39, 0.29) is 12.1 Å². The number of hydrogen-bond acceptors (Lipinski definition) is 6. The van der Waals surface area contributed by atoms with Gasteiger partial charge in [-0.05, 0) is 44.2 Å². The van der Waals surface area contributed by atoms with Crippen LogP contribution in [0.15, 0.2) is 12.1 Å². The second kappa shape index (κ2) is 8.45. The Hall–Kier alpha value is -1.90. The Morgan fingerprint density at radius 1 is 1.31 bits per heavy atom. The highest BCUT2D eigenvalue weighted by Crippen LogP contribution is 2.41. The van der Waals surface area contributed by atoms with E-state index < -0.39 is 0 Å². The molecule has 2 saturated heterocycles. The van der Waals surface area contributed by atoms with Crippen molar-refractivity contribution in [2.24, 2.45) is 5.73 Å². The number of nitrogens with zero attached hydrogens (tertiary/aromatic N) is 3. The van der Waals surface area contributed by atoms with Crippen molar-refractivity contribution in [3.05, 3.63) is 22.7 Å². The first-order valence-electron chi connectivity index (χ1n) is 10.3. The summed E-state index contributed by atoms with van der Waals surface area (Å²) in [5.74, 6) is 1.25. The summed E-state index contributed by atoms with van der Waals surface area (Å²) in [5.41, 5.74) is 7.93. The van der Waals surface area contributed by atoms with Crippen LogP contribution in [0.25, 0.3) is 10.2 Å². The van der Waals surface area contributed by atoms with Gasteiger partial charge in [0.05, 0.1) is 17.9 Å². The number of rotatable bonds is 4. The maximum atomic E-state index is 12.1. The largest absolute Gasteiger partial charge is 0.494 e. The van der Waals surface area contributed by atoms with Gasteiger partial charge in [0.2, 0.25) is 0 Å². The van der Waals surface area contributed by atoms with E-state index in [4.69, 9.17) is 20.2 Å². The number of amides is 2. The minimum Gasteiger partial charge on any atom is -0.494 e. The number of carbonyl (C=O) groups is 1. The molecule has 2 aliphatic rings. The van der Waals surface area contributed by atoms with Crippen molar-refractivity contribution in [3.8, 4) is 5.75 Å². The molecule has 1 atom stereocenters. The third-order valence-electron chi connectivity index (χ3n) is 6.14. The fraction of sp³-hybridized carbons (Fsp3) is 0.619. The van der Waals surface area contributed by atoms with E-state index in [9.17, 15) is 4.79 Å². The molecule has 2 N–H and O–H groups in total. The van der Waals surface area contributed by atoms with Gasteiger partial charge in [0.25, 0.3) is 0 Å². The van der Waals surface area contributed by atoms with Crippen LogP contribution in [0.3, 0.4) is 0 Å². The number of primary amides is 1. The number of fused-ring (bicyclic) bond motifs is 1. The first kappa shape index (κ1) is 20.4. The summed E-state index contributed by atoms with van der Waals surface area (Å²) in [7, 11) is 1.68. The lowest BCUT2D eigenvalue weighted by Gasteiger charge is -2.41. The van der Waals surface area contributed by atoms with Crippen LogP contribution in [-0.2, 0) is 4.74 Å². The lowest BCUT2D eigenvalue weighted by molar-refractivity contribution is 0.0794. The fourth-order valence-electron chi connectivity index (χ4n) is 4.40. The molecule has 2 aromatic rings. The molecule has 29 heavy (non-hydrogen) atoms. The van der Waals surface area contributed by atoms with Gasteiger partial charge in [0.15, 0.2) is 0 Å². The summed E-state index contributed by atoms with van der Waals surface area (Å²) in [4.78, 5) is 21.3. The zero-order valence-electron chi connectivity index (χ0n) is 17.4. The maximum absolute atomic E-state index is 12.1. The molecule has 8 heteroatoms. The number of piperazine rings is 1. The van der Waals surface area contributed by atoms with E-state index in [0.717, 1.165) is 60.1 Å². The van der Waals surface area contributed by atoms with Crippen molar-refractivity contribution in [2.45, 2.75) is 44.7 Å². The normalized spacial score (nSPS) is 21.8. The first-order chi connectivity index (χ1) is 14.0. The molecule has 1 unspecified atom stereocenters. The standard InChI is InChI=1S/C21H30N4O3S/c1-13(2)24-8-9-25(21(22)26)16(12-24)20-23-18-17(27-3)5-4-15(19(18)29-20)14-6-10-28-11-7-14/h4-5,13-14,16H,6-12H2,1-3H3,(H2,22,26). The van der Waals surface area contributed by atoms with Crippen LogP contribution < -0.4 is 10.5 Å². The fourth-order valence-corrected chi connectivity index (χ4v) is 5.68. The van der Waals surface area contributed by atoms with Crippen molar-refractivity contribution < 1.29 is 14.3 Å². The number of nitrogens with two attached hydrogens (primary N) is 1. The molecule has 4 rings (SSSR count). The van der Waals surface area contributed by atoms with Gasteiger partial charge in [0, 0.05) is 38.9 Å². The summed E-state index contributed by atoms with van der Waals surface area (Å²) < 4.78 is 12.3. The SMILES string of the molecule is COc1ccc(C2CCOCC2)c2sc(C3CN(C(C)C)CCN3C(N)=O)nc12. The molecule has 0 aliphatic carbocycles. The lowest BCUT2D eigenvalue weighted by atomic mass is 9.91. The number of urea groups is 1. The van der Waals surface area contributed by atoms with Crippen molar-refractivity contribution >= 4 is 27.6 Å². The Labute approximate surface area is 175 Å². The molecule has 1 aromatic heterocycles. The zero-order valence-corrected chi connectivity index (χ0v) is 18.2. The summed E-state index contributed by atoms with van der Waals surface area (Å²) in [5, 5.41) is 0.932. The smallest absolute Gasteiger partial charge is 0.315 e. The van der Waals surface area contributed by atoms with Gasteiger partial charge >= 0.3 is 6.03 Å². The summed E-state index contributed by atoms with van der Waals surface area (Å²) in [6.07, 6.45) is 2.04. The predicted molar refractivity (Wildman–Crippen MR) is 115 cm³/mol. The molecular formula is C21H30N4O3S. The number of aromatic nitrogens is 1. The molecule has 0 bridgehead atoms. The van der Waals surface area contributed by atoms with E-state index in [1.165, 1.54) is 5.56 Å². The maximum Gasteiger partial charge on any atom is 0.315 e. The van der Waals surface area contributed by atoms with E-state index in [2.05, 4.69) is 24.8 Å². The van der Waals surface area contributed by atoms with E-state index in [1.807, 2.05) is 6.07 Å². The average Bonchev–Trinajstić information content (AvgIpc) is 3.18. The zero-order chi connectivity index (χ0) is 20.5. The van der Waals surface area contributed by atoms with Gasteiger partial charge in [-0.15, -0.1) is 11.3 Å². The first-order valence-corrected chi connectivity index (χ1v) is 11.2. The van der Waals surface area contributed by atoms with Gasteiger partial charge in [-0.2, -0.15) is 0 Å². The molecule has 1 aromatic carbocycles. The molecule has 2 amide bonds. The second-order valence-electron chi connectivity index (χ2n) is 8.11. The van der Waals surface area contributed by atoms with E-state index >= 15 is 0 Å². The number of hydrogen-bond donors (Lipinski definition) is 1. The van der Waals surface area contributed by atoms with Gasteiger partial charge < -0.3 is 20.1 Å². The number of ether oxygens (including phenoxy) is 2. The molecular weight excluding hydrogens is 388 g/mol. The minimum absolute atomic E-state index is 0.131. The Balaban J connectivity index is 1.77. The van der Waals surface area contributed by atoms with Crippen LogP contribution >= 0.6 is 11.3 Å². The van der Waals surface area contributed by atoms with Crippen molar-refractivity contribution in [3.63, 3.8) is 0 Å². The Morgan fingerprint density at radius 3 is 2.72 bits per heavy atom. The number of thiazole rings is 1. The summed E-state index contributed by atoms with van der Waals surface area (Å²) >= 11 is 1.68. The Bertz CT molecular complexity index is 878. The third kappa shape index (κ3) is 3.93. The lowest BCUT2D eigenvalue weighted by Crippen LogP contribution is -2.53. The molecule has 0 radical (unpaired) electrons. The molecule has 0 spiro atoms. The molecule has 3 heterocycles. The van der Waals surface area contributed by atoms with E-state index in [1.54, 1.807) is 23.3 Å². The van der Waals surface area contributed by atoms with Crippen LogP contribution in [0.4, 0.5) is 4.79 Å². The van der Waals surface area contributed by atoms with Crippen LogP contribution in [0, 0.1) is 0 Å². The number of methoxy groups -OCH3 is 1. The molecule has 158 valence electrons. The summed E-state index contributed by atoms with van der Waals surface area (Å²) in [6, 6.07) is 4.09. The molecule has 7 nitrogen and oxygen atoms in total. The highest BCUT2D eigenvalue weighted by molar-refractivity contribution is 7.18. The predicted octanol–water partition coefficient (Wildman–Crippen LogP) is 3.34. The quantitative estimate of drug-likeness (QED) is 0.824. The monoisotopic (exact) mass is 418 g/mol. The van der Waals surface area contributed by atoms with Gasteiger partial charge in [-0.1, -0.05) is 6.07 Å². The molecule has 0 saturated carbocycles. The van der Waals surface area contributed by atoms with Crippen molar-refractivity contribution in [1.29, 1.82) is 0 Å². The second-order valence-corrected chi connectivity index (χ2v) is 9.14. The van der Waals surface area contributed by atoms with Crippen LogP contribution in [-0.4, -0.2) is 66.8 Å². The summed E-state index contributed by atoms with van der Waals surface area (Å²) in [6.45, 7) is 8.16. The van der Waals surface area contributed by atoms with Gasteiger partial charge in [0.1, 0.15) is 16.3 Å². The minimum atomic E-state index is -0.380. The highest BCUT2D eigenvalue weighted by Gasteiger charge is 2.34. The van der Waals surface area contributed by atoms with Crippen LogP contribution in [0.1, 0.15) is 49.2 Å². The van der Waals surface area contributed by atoms with Gasteiger partial charge in [-0.3, -0.25) is 4.90 Å². The van der Waals surface area contributed by atoms with Crippen LogP contribution in [0.5, 0.6) is 5.75 Å². The topological polar surface area (TPSA) is 80.9 Å². The number of carbonyl (C=O) groups excluding carboxylic acids is 1. The van der Waals surface area contributed by atoms with Gasteiger partial charge in [-0.25, -0.2) is 9.78 Å². The molecule has 2 fully saturated rings. The van der Waals surface area contributed by atoms with Crippen molar-refractivity contribution in [1.82, 2.24) is 14.8 Å². The Kier molecular flexibility index (Phi) is 5.94. The average molecular weight is 419 g/mol. The molecule has 2 aliphatic heterocycles. The van der Waals surface area contributed by atoms with Crippen molar-refractivity contribution in [2.75, 3.05) is 40.0 Å². The van der Waals surface area contributed by atoms with E-state index in [0.29, 0.717) is 18.5 Å². The Morgan fingerprint density at radius 2 is 2.07 bits per heavy atom. The van der Waals surface area contributed by atoms with Crippen LogP contribution in [0.2, 0.25) is 0 Å². The third-order valence-corrected chi connectivity index (χ3v) is 7.35. The number of benzene rings is 1. The highest BCUT2D eigenvalue weighted by atomic mass is 32.1.